The molecular weight excluding hydrogens is 246 g/mol. The van der Waals surface area contributed by atoms with Crippen molar-refractivity contribution in [1.29, 1.82) is 0 Å². The monoisotopic (exact) mass is 265 g/mol. The molecule has 0 aromatic carbocycles. The van der Waals surface area contributed by atoms with E-state index < -0.39 is 0 Å². The van der Waals surface area contributed by atoms with Gasteiger partial charge in [0.2, 0.25) is 17.7 Å². The van der Waals surface area contributed by atoms with Gasteiger partial charge in [-0.2, -0.15) is 0 Å². The molecule has 0 spiro atoms. The molecule has 1 aromatic rings. The maximum absolute atomic E-state index is 11.1. The predicted molar refractivity (Wildman–Crippen MR) is 69.8 cm³/mol. The average molecular weight is 265 g/mol. The molecule has 6 nitrogen and oxygen atoms in total. The summed E-state index contributed by atoms with van der Waals surface area (Å²) in [6.07, 6.45) is 2.86. The Morgan fingerprint density at radius 3 is 2.95 bits per heavy atom. The molecule has 19 heavy (non-hydrogen) atoms. The Labute approximate surface area is 112 Å². The second-order valence-electron chi connectivity index (χ2n) is 4.81. The van der Waals surface area contributed by atoms with Crippen molar-refractivity contribution < 1.29 is 13.9 Å². The molecule has 0 bridgehead atoms. The Bertz CT molecular complexity index is 495. The van der Waals surface area contributed by atoms with Crippen molar-refractivity contribution in [2.24, 2.45) is 4.99 Å². The summed E-state index contributed by atoms with van der Waals surface area (Å²) in [6.45, 7) is 6.76. The first-order chi connectivity index (χ1) is 9.06. The zero-order valence-corrected chi connectivity index (χ0v) is 11.5. The molecular formula is C13H19N3O3. The molecule has 0 saturated carbocycles. The van der Waals surface area contributed by atoms with Crippen molar-refractivity contribution in [3.05, 3.63) is 17.8 Å². The van der Waals surface area contributed by atoms with Gasteiger partial charge in [-0.05, 0) is 13.3 Å². The third kappa shape index (κ3) is 3.13. The van der Waals surface area contributed by atoms with E-state index in [1.807, 2.05) is 6.92 Å². The maximum atomic E-state index is 11.1. The first-order valence-electron chi connectivity index (χ1n) is 6.50. The van der Waals surface area contributed by atoms with Crippen LogP contribution in [0.4, 0.5) is 0 Å². The number of hydrogen-bond acceptors (Lipinski definition) is 5. The van der Waals surface area contributed by atoms with Gasteiger partial charge in [-0.3, -0.25) is 4.79 Å². The van der Waals surface area contributed by atoms with Crippen LogP contribution in [0.15, 0.2) is 15.7 Å². The molecule has 1 atom stereocenters. The summed E-state index contributed by atoms with van der Waals surface area (Å²) in [4.78, 5) is 19.9. The number of carbonyl (C=O) groups excluding carboxylic acids is 1. The summed E-state index contributed by atoms with van der Waals surface area (Å²) < 4.78 is 10.8. The number of nitrogens with zero attached hydrogens (tertiary/aromatic N) is 2. The third-order valence-corrected chi connectivity index (χ3v) is 3.18. The number of aliphatic imine (C=N–C) groups is 1. The molecule has 0 radical (unpaired) electrons. The lowest BCUT2D eigenvalue weighted by Crippen LogP contribution is -2.21. The number of aromatic nitrogens is 1. The van der Waals surface area contributed by atoms with Gasteiger partial charge in [0.25, 0.3) is 0 Å². The van der Waals surface area contributed by atoms with Crippen molar-refractivity contribution in [2.45, 2.75) is 45.7 Å². The standard InChI is InChI=1S/C13H19N3O3/c1-4-10(17)14-6-11-15-9(7-18-11)12-16-13(3,5-2)8-19-12/h7H,4-6,8H2,1-3H3,(H,14,17). The molecule has 1 aliphatic heterocycles. The van der Waals surface area contributed by atoms with E-state index in [1.54, 1.807) is 6.92 Å². The van der Waals surface area contributed by atoms with Crippen molar-refractivity contribution in [1.82, 2.24) is 10.3 Å². The van der Waals surface area contributed by atoms with E-state index in [9.17, 15) is 4.79 Å². The quantitative estimate of drug-likeness (QED) is 0.878. The van der Waals surface area contributed by atoms with Gasteiger partial charge in [0.15, 0.2) is 5.69 Å². The molecule has 2 rings (SSSR count). The fraction of sp³-hybridized carbons (Fsp3) is 0.615. The normalized spacial score (nSPS) is 21.9. The molecule has 2 heterocycles. The molecule has 1 N–H and O–H groups in total. The van der Waals surface area contributed by atoms with Crippen LogP contribution in [0, 0.1) is 0 Å². The van der Waals surface area contributed by atoms with E-state index >= 15 is 0 Å². The summed E-state index contributed by atoms with van der Waals surface area (Å²) in [5, 5.41) is 2.70. The maximum Gasteiger partial charge on any atom is 0.239 e. The number of hydrogen-bond donors (Lipinski definition) is 1. The van der Waals surface area contributed by atoms with E-state index in [0.717, 1.165) is 6.42 Å². The van der Waals surface area contributed by atoms with Crippen LogP contribution in [0.3, 0.4) is 0 Å². The highest BCUT2D eigenvalue weighted by molar-refractivity contribution is 5.93. The Hall–Kier alpha value is -1.85. The zero-order valence-electron chi connectivity index (χ0n) is 11.5. The molecule has 0 saturated heterocycles. The molecule has 0 aliphatic carbocycles. The second kappa shape index (κ2) is 5.42. The number of nitrogens with one attached hydrogen (secondary N) is 1. The average Bonchev–Trinajstić information content (AvgIpc) is 3.03. The van der Waals surface area contributed by atoms with Gasteiger partial charge in [-0.15, -0.1) is 0 Å². The topological polar surface area (TPSA) is 76.7 Å². The molecule has 0 fully saturated rings. The summed E-state index contributed by atoms with van der Waals surface area (Å²) in [6, 6.07) is 0. The molecule has 1 aliphatic rings. The second-order valence-corrected chi connectivity index (χ2v) is 4.81. The number of carbonyl (C=O) groups is 1. The van der Waals surface area contributed by atoms with Crippen LogP contribution in [-0.2, 0) is 16.1 Å². The minimum atomic E-state index is -0.176. The fourth-order valence-electron chi connectivity index (χ4n) is 1.64. The van der Waals surface area contributed by atoms with Crippen LogP contribution >= 0.6 is 0 Å². The lowest BCUT2D eigenvalue weighted by atomic mass is 10.0. The van der Waals surface area contributed by atoms with Gasteiger partial charge in [0, 0.05) is 6.42 Å². The van der Waals surface area contributed by atoms with Crippen molar-refractivity contribution >= 4 is 11.8 Å². The first-order valence-corrected chi connectivity index (χ1v) is 6.50. The number of rotatable bonds is 5. The molecule has 1 unspecified atom stereocenters. The van der Waals surface area contributed by atoms with Gasteiger partial charge < -0.3 is 14.5 Å². The van der Waals surface area contributed by atoms with E-state index in [-0.39, 0.29) is 18.0 Å². The fourth-order valence-corrected chi connectivity index (χ4v) is 1.64. The zero-order chi connectivity index (χ0) is 13.9. The Morgan fingerprint density at radius 1 is 1.53 bits per heavy atom. The largest absolute Gasteiger partial charge is 0.474 e. The molecule has 1 amide bonds. The minimum absolute atomic E-state index is 0.0345. The van der Waals surface area contributed by atoms with Crippen LogP contribution in [0.5, 0.6) is 0 Å². The van der Waals surface area contributed by atoms with Gasteiger partial charge in [-0.25, -0.2) is 9.98 Å². The summed E-state index contributed by atoms with van der Waals surface area (Å²) >= 11 is 0. The van der Waals surface area contributed by atoms with Crippen LogP contribution in [0.1, 0.15) is 45.2 Å². The van der Waals surface area contributed by atoms with Gasteiger partial charge in [0.05, 0.1) is 12.1 Å². The highest BCUT2D eigenvalue weighted by Crippen LogP contribution is 2.24. The number of ether oxygens (including phenoxy) is 1. The lowest BCUT2D eigenvalue weighted by Gasteiger charge is -2.13. The van der Waals surface area contributed by atoms with Crippen LogP contribution < -0.4 is 5.32 Å². The van der Waals surface area contributed by atoms with Crippen LogP contribution in [-0.4, -0.2) is 28.9 Å². The Balaban J connectivity index is 2.02. The van der Waals surface area contributed by atoms with Crippen molar-refractivity contribution in [3.8, 4) is 0 Å². The minimum Gasteiger partial charge on any atom is -0.474 e. The smallest absolute Gasteiger partial charge is 0.239 e. The summed E-state index contributed by atoms with van der Waals surface area (Å²) in [5.41, 5.74) is 0.406. The third-order valence-electron chi connectivity index (χ3n) is 3.18. The van der Waals surface area contributed by atoms with E-state index in [0.29, 0.717) is 30.5 Å². The van der Waals surface area contributed by atoms with Gasteiger partial charge in [0.1, 0.15) is 12.9 Å². The number of oxazole rings is 1. The summed E-state index contributed by atoms with van der Waals surface area (Å²) in [5.74, 6) is 0.933. The SMILES string of the molecule is CCC(=O)NCc1nc(C2=NC(C)(CC)CO2)co1. The highest BCUT2D eigenvalue weighted by Gasteiger charge is 2.31. The van der Waals surface area contributed by atoms with Crippen molar-refractivity contribution in [3.63, 3.8) is 0 Å². The van der Waals surface area contributed by atoms with E-state index in [1.165, 1.54) is 6.26 Å². The highest BCUT2D eigenvalue weighted by atomic mass is 16.5. The molecule has 104 valence electrons. The Morgan fingerprint density at radius 2 is 2.32 bits per heavy atom. The molecule has 1 aromatic heterocycles. The first kappa shape index (κ1) is 13.6. The molecule has 6 heteroatoms. The van der Waals surface area contributed by atoms with Gasteiger partial charge in [-0.1, -0.05) is 13.8 Å². The van der Waals surface area contributed by atoms with E-state index in [2.05, 4.69) is 22.2 Å². The van der Waals surface area contributed by atoms with Crippen molar-refractivity contribution in [2.75, 3.05) is 6.61 Å². The van der Waals surface area contributed by atoms with Crippen LogP contribution in [0.25, 0.3) is 0 Å². The van der Waals surface area contributed by atoms with E-state index in [4.69, 9.17) is 9.15 Å². The van der Waals surface area contributed by atoms with Gasteiger partial charge >= 0.3 is 0 Å². The predicted octanol–water partition coefficient (Wildman–Crippen LogP) is 1.65. The lowest BCUT2D eigenvalue weighted by molar-refractivity contribution is -0.121. The number of amides is 1. The summed E-state index contributed by atoms with van der Waals surface area (Å²) in [7, 11) is 0. The van der Waals surface area contributed by atoms with Crippen LogP contribution in [0.2, 0.25) is 0 Å². The Kier molecular flexibility index (Phi) is 3.87.